The summed E-state index contributed by atoms with van der Waals surface area (Å²) in [6, 6.07) is 13.0. The predicted molar refractivity (Wildman–Crippen MR) is 74.8 cm³/mol. The van der Waals surface area contributed by atoms with E-state index in [0.717, 1.165) is 16.7 Å². The molecule has 0 aliphatic heterocycles. The normalized spacial score (nSPS) is 10.8. The number of H-pyrrole nitrogens is 1. The lowest BCUT2D eigenvalue weighted by molar-refractivity contribution is 0.488. The third-order valence-electron chi connectivity index (χ3n) is 2.67. The maximum absolute atomic E-state index is 6.09. The molecule has 0 spiro atoms. The van der Waals surface area contributed by atoms with E-state index in [1.165, 1.54) is 0 Å². The summed E-state index contributed by atoms with van der Waals surface area (Å²) in [7, 11) is 0. The van der Waals surface area contributed by atoms with Crippen LogP contribution in [0.2, 0.25) is 10.0 Å². The molecule has 2 nitrogen and oxygen atoms in total. The summed E-state index contributed by atoms with van der Waals surface area (Å²) in [5.74, 6) is 1.35. The highest BCUT2D eigenvalue weighted by Crippen LogP contribution is 2.34. The number of benzene rings is 2. The number of halogens is 2. The van der Waals surface area contributed by atoms with Gasteiger partial charge in [-0.1, -0.05) is 29.3 Å². The van der Waals surface area contributed by atoms with Crippen LogP contribution in [0.4, 0.5) is 0 Å². The van der Waals surface area contributed by atoms with Gasteiger partial charge in [-0.05, 0) is 36.4 Å². The molecule has 0 amide bonds. The van der Waals surface area contributed by atoms with Crippen LogP contribution < -0.4 is 4.74 Å². The number of aromatic amines is 1. The van der Waals surface area contributed by atoms with Crippen molar-refractivity contribution >= 4 is 34.1 Å². The summed E-state index contributed by atoms with van der Waals surface area (Å²) < 4.78 is 5.83. The van der Waals surface area contributed by atoms with Gasteiger partial charge in [-0.3, -0.25) is 0 Å². The molecule has 4 heteroatoms. The maximum atomic E-state index is 6.09. The van der Waals surface area contributed by atoms with Gasteiger partial charge in [0.1, 0.15) is 11.5 Å². The minimum atomic E-state index is 0.495. The lowest BCUT2D eigenvalue weighted by atomic mass is 10.2. The summed E-state index contributed by atoms with van der Waals surface area (Å²) >= 11 is 11.9. The van der Waals surface area contributed by atoms with Gasteiger partial charge in [0.2, 0.25) is 0 Å². The van der Waals surface area contributed by atoms with Crippen LogP contribution in [0.25, 0.3) is 10.9 Å². The van der Waals surface area contributed by atoms with E-state index in [9.17, 15) is 0 Å². The Balaban J connectivity index is 2.03. The molecule has 2 aromatic carbocycles. The van der Waals surface area contributed by atoms with E-state index in [0.29, 0.717) is 15.8 Å². The van der Waals surface area contributed by atoms with Crippen LogP contribution >= 0.6 is 23.2 Å². The molecule has 0 atom stereocenters. The number of nitrogens with one attached hydrogen (secondary N) is 1. The predicted octanol–water partition coefficient (Wildman–Crippen LogP) is 5.27. The first-order valence-electron chi connectivity index (χ1n) is 5.43. The zero-order valence-electron chi connectivity index (χ0n) is 9.28. The molecular weight excluding hydrogens is 269 g/mol. The third kappa shape index (κ3) is 2.05. The summed E-state index contributed by atoms with van der Waals surface area (Å²) in [4.78, 5) is 3.14. The van der Waals surface area contributed by atoms with Crippen LogP contribution in [-0.4, -0.2) is 4.98 Å². The fraction of sp³-hybridized carbons (Fsp3) is 0. The average Bonchev–Trinajstić information content (AvgIpc) is 2.82. The SMILES string of the molecule is Clc1ccc(Oc2cccc3[nH]ccc23)c(Cl)c1. The molecule has 18 heavy (non-hydrogen) atoms. The Morgan fingerprint density at radius 3 is 2.67 bits per heavy atom. The second kappa shape index (κ2) is 4.56. The van der Waals surface area contributed by atoms with E-state index < -0.39 is 0 Å². The quantitative estimate of drug-likeness (QED) is 0.678. The molecule has 0 radical (unpaired) electrons. The molecular formula is C14H9Cl2NO. The number of hydrogen-bond acceptors (Lipinski definition) is 1. The van der Waals surface area contributed by atoms with Crippen molar-refractivity contribution in [2.75, 3.05) is 0 Å². The van der Waals surface area contributed by atoms with Gasteiger partial charge in [0.15, 0.2) is 0 Å². The van der Waals surface area contributed by atoms with Gasteiger partial charge in [-0.15, -0.1) is 0 Å². The molecule has 1 heterocycles. The third-order valence-corrected chi connectivity index (χ3v) is 3.20. The van der Waals surface area contributed by atoms with E-state index in [1.54, 1.807) is 18.2 Å². The number of aromatic nitrogens is 1. The number of rotatable bonds is 2. The second-order valence-corrected chi connectivity index (χ2v) is 4.72. The first kappa shape index (κ1) is 11.5. The lowest BCUT2D eigenvalue weighted by Crippen LogP contribution is -1.85. The first-order chi connectivity index (χ1) is 8.74. The fourth-order valence-electron chi connectivity index (χ4n) is 1.82. The highest BCUT2D eigenvalue weighted by atomic mass is 35.5. The number of hydrogen-bond donors (Lipinski definition) is 1. The van der Waals surface area contributed by atoms with Gasteiger partial charge in [0, 0.05) is 22.1 Å². The van der Waals surface area contributed by atoms with Crippen molar-refractivity contribution in [3.8, 4) is 11.5 Å². The van der Waals surface area contributed by atoms with Crippen molar-refractivity contribution in [2.24, 2.45) is 0 Å². The Hall–Kier alpha value is -1.64. The highest BCUT2D eigenvalue weighted by Gasteiger charge is 2.07. The molecule has 0 bridgehead atoms. The van der Waals surface area contributed by atoms with Crippen LogP contribution in [0.15, 0.2) is 48.7 Å². The maximum Gasteiger partial charge on any atom is 0.146 e. The molecule has 3 aromatic rings. The molecule has 3 rings (SSSR count). The van der Waals surface area contributed by atoms with Gasteiger partial charge in [-0.2, -0.15) is 0 Å². The zero-order chi connectivity index (χ0) is 12.5. The standard InChI is InChI=1S/C14H9Cl2NO/c15-9-4-5-14(11(16)8-9)18-13-3-1-2-12-10(13)6-7-17-12/h1-8,17H. The highest BCUT2D eigenvalue weighted by molar-refractivity contribution is 6.35. The minimum Gasteiger partial charge on any atom is -0.455 e. The minimum absolute atomic E-state index is 0.495. The number of fused-ring (bicyclic) bond motifs is 1. The topological polar surface area (TPSA) is 25.0 Å². The Morgan fingerprint density at radius 1 is 0.944 bits per heavy atom. The Kier molecular flexibility index (Phi) is 2.90. The summed E-state index contributed by atoms with van der Waals surface area (Å²) in [5.41, 5.74) is 1.03. The van der Waals surface area contributed by atoms with Crippen molar-refractivity contribution in [3.63, 3.8) is 0 Å². The van der Waals surface area contributed by atoms with Crippen LogP contribution in [0.1, 0.15) is 0 Å². The largest absolute Gasteiger partial charge is 0.455 e. The average molecular weight is 278 g/mol. The molecule has 90 valence electrons. The molecule has 1 aromatic heterocycles. The Bertz CT molecular complexity index is 706. The van der Waals surface area contributed by atoms with Crippen LogP contribution in [-0.2, 0) is 0 Å². The van der Waals surface area contributed by atoms with Gasteiger partial charge < -0.3 is 9.72 Å². The molecule has 0 aliphatic carbocycles. The lowest BCUT2D eigenvalue weighted by Gasteiger charge is -2.08. The van der Waals surface area contributed by atoms with Gasteiger partial charge >= 0.3 is 0 Å². The summed E-state index contributed by atoms with van der Waals surface area (Å²) in [6.07, 6.45) is 1.88. The van der Waals surface area contributed by atoms with E-state index >= 15 is 0 Å². The van der Waals surface area contributed by atoms with E-state index in [4.69, 9.17) is 27.9 Å². The second-order valence-electron chi connectivity index (χ2n) is 3.87. The van der Waals surface area contributed by atoms with Crippen molar-refractivity contribution in [1.82, 2.24) is 4.98 Å². The van der Waals surface area contributed by atoms with E-state index in [2.05, 4.69) is 4.98 Å². The molecule has 0 aliphatic rings. The van der Waals surface area contributed by atoms with Gasteiger partial charge in [0.25, 0.3) is 0 Å². The van der Waals surface area contributed by atoms with Crippen molar-refractivity contribution in [2.45, 2.75) is 0 Å². The smallest absolute Gasteiger partial charge is 0.146 e. The Labute approximate surface area is 114 Å². The molecule has 0 saturated carbocycles. The van der Waals surface area contributed by atoms with E-state index in [-0.39, 0.29) is 0 Å². The zero-order valence-corrected chi connectivity index (χ0v) is 10.8. The van der Waals surface area contributed by atoms with Crippen LogP contribution in [0, 0.1) is 0 Å². The number of ether oxygens (including phenoxy) is 1. The molecule has 0 saturated heterocycles. The first-order valence-corrected chi connectivity index (χ1v) is 6.18. The summed E-state index contributed by atoms with van der Waals surface area (Å²) in [6.45, 7) is 0. The summed E-state index contributed by atoms with van der Waals surface area (Å²) in [5, 5.41) is 2.10. The van der Waals surface area contributed by atoms with Gasteiger partial charge in [0.05, 0.1) is 5.02 Å². The van der Waals surface area contributed by atoms with Crippen LogP contribution in [0.5, 0.6) is 11.5 Å². The Morgan fingerprint density at radius 2 is 1.83 bits per heavy atom. The van der Waals surface area contributed by atoms with Crippen molar-refractivity contribution in [1.29, 1.82) is 0 Å². The van der Waals surface area contributed by atoms with Gasteiger partial charge in [-0.25, -0.2) is 0 Å². The van der Waals surface area contributed by atoms with E-state index in [1.807, 2.05) is 30.5 Å². The van der Waals surface area contributed by atoms with Crippen molar-refractivity contribution in [3.05, 3.63) is 58.7 Å². The molecule has 1 N–H and O–H groups in total. The fourth-order valence-corrected chi connectivity index (χ4v) is 2.27. The molecule has 0 fully saturated rings. The van der Waals surface area contributed by atoms with Crippen molar-refractivity contribution < 1.29 is 4.74 Å². The molecule has 0 unspecified atom stereocenters. The van der Waals surface area contributed by atoms with Crippen LogP contribution in [0.3, 0.4) is 0 Å². The monoisotopic (exact) mass is 277 g/mol.